The first-order valence-corrected chi connectivity index (χ1v) is 7.28. The molecule has 0 radical (unpaired) electrons. The summed E-state index contributed by atoms with van der Waals surface area (Å²) in [6.07, 6.45) is 0. The van der Waals surface area contributed by atoms with E-state index in [-0.39, 0.29) is 0 Å². The number of hydrogen-bond donors (Lipinski definition) is 1. The molecule has 0 unspecified atom stereocenters. The third-order valence-corrected chi connectivity index (χ3v) is 4.17. The summed E-state index contributed by atoms with van der Waals surface area (Å²) in [6.45, 7) is 4.14. The molecule has 106 valence electrons. The highest BCUT2D eigenvalue weighted by Gasteiger charge is 2.14. The molecule has 0 aliphatic rings. The lowest BCUT2D eigenvalue weighted by Crippen LogP contribution is -2.00. The molecule has 1 N–H and O–H groups in total. The molecular formula is C18H17NOS. The maximum atomic E-state index is 5.71. The molecule has 2 nitrogen and oxygen atoms in total. The third-order valence-electron chi connectivity index (χ3n) is 3.73. The summed E-state index contributed by atoms with van der Waals surface area (Å²) in [5.41, 5.74) is 5.56. The molecular weight excluding hydrogens is 278 g/mol. The normalized spacial score (nSPS) is 10.8. The van der Waals surface area contributed by atoms with E-state index in [9.17, 15) is 0 Å². The van der Waals surface area contributed by atoms with Crippen LogP contribution in [0.25, 0.3) is 10.9 Å². The summed E-state index contributed by atoms with van der Waals surface area (Å²) >= 11 is 5.71. The molecule has 0 saturated heterocycles. The Morgan fingerprint density at radius 1 is 1.05 bits per heavy atom. The van der Waals surface area contributed by atoms with E-state index < -0.39 is 0 Å². The molecule has 3 rings (SSSR count). The van der Waals surface area contributed by atoms with Gasteiger partial charge >= 0.3 is 0 Å². The van der Waals surface area contributed by atoms with Gasteiger partial charge in [-0.2, -0.15) is 0 Å². The Hall–Kier alpha value is -2.13. The van der Waals surface area contributed by atoms with Crippen molar-refractivity contribution in [2.24, 2.45) is 0 Å². The predicted molar refractivity (Wildman–Crippen MR) is 91.6 cm³/mol. The molecule has 0 aliphatic heterocycles. The van der Waals surface area contributed by atoms with Crippen LogP contribution in [0.5, 0.6) is 5.75 Å². The lowest BCUT2D eigenvalue weighted by atomic mass is 10.0. The van der Waals surface area contributed by atoms with Crippen molar-refractivity contribution < 1.29 is 4.74 Å². The van der Waals surface area contributed by atoms with E-state index in [2.05, 4.69) is 49.2 Å². The van der Waals surface area contributed by atoms with Crippen LogP contribution in [-0.4, -0.2) is 17.0 Å². The fourth-order valence-corrected chi connectivity index (χ4v) is 2.98. The molecule has 0 amide bonds. The van der Waals surface area contributed by atoms with Crippen molar-refractivity contribution in [2.45, 2.75) is 13.8 Å². The molecule has 0 atom stereocenters. The number of rotatable bonds is 3. The second-order valence-electron chi connectivity index (χ2n) is 5.23. The highest BCUT2D eigenvalue weighted by Crippen LogP contribution is 2.28. The smallest absolute Gasteiger partial charge is 0.120 e. The first kappa shape index (κ1) is 13.8. The summed E-state index contributed by atoms with van der Waals surface area (Å²) in [7, 11) is 1.68. The third kappa shape index (κ3) is 2.45. The van der Waals surface area contributed by atoms with Crippen molar-refractivity contribution in [2.75, 3.05) is 7.11 Å². The summed E-state index contributed by atoms with van der Waals surface area (Å²) in [6, 6.07) is 14.4. The van der Waals surface area contributed by atoms with Gasteiger partial charge in [0.05, 0.1) is 12.0 Å². The van der Waals surface area contributed by atoms with Gasteiger partial charge < -0.3 is 9.72 Å². The summed E-state index contributed by atoms with van der Waals surface area (Å²) in [4.78, 5) is 4.27. The van der Waals surface area contributed by atoms with Crippen LogP contribution < -0.4 is 4.74 Å². The van der Waals surface area contributed by atoms with Crippen LogP contribution in [0.3, 0.4) is 0 Å². The molecule has 0 aliphatic carbocycles. The van der Waals surface area contributed by atoms with Gasteiger partial charge in [-0.25, -0.2) is 0 Å². The lowest BCUT2D eigenvalue weighted by molar-refractivity contribution is 0.415. The number of aromatic amines is 1. The average molecular weight is 295 g/mol. The van der Waals surface area contributed by atoms with Gasteiger partial charge in [0.1, 0.15) is 5.75 Å². The summed E-state index contributed by atoms with van der Waals surface area (Å²) in [5, 5.41) is 1.14. The highest BCUT2D eigenvalue weighted by molar-refractivity contribution is 7.81. The van der Waals surface area contributed by atoms with E-state index in [1.54, 1.807) is 7.11 Å². The molecule has 1 heterocycles. The number of aryl methyl sites for hydroxylation is 2. The number of methoxy groups -OCH3 is 1. The maximum absolute atomic E-state index is 5.71. The molecule has 0 spiro atoms. The Morgan fingerprint density at radius 2 is 1.76 bits per heavy atom. The summed E-state index contributed by atoms with van der Waals surface area (Å²) < 4.78 is 5.28. The Morgan fingerprint density at radius 3 is 2.43 bits per heavy atom. The van der Waals surface area contributed by atoms with Gasteiger partial charge in [-0.3, -0.25) is 0 Å². The molecule has 3 aromatic rings. The first-order valence-electron chi connectivity index (χ1n) is 6.88. The molecule has 0 bridgehead atoms. The fraction of sp³-hybridized carbons (Fsp3) is 0.167. The van der Waals surface area contributed by atoms with Crippen LogP contribution in [-0.2, 0) is 0 Å². The Labute approximate surface area is 129 Å². The largest absolute Gasteiger partial charge is 0.497 e. The Kier molecular flexibility index (Phi) is 3.52. The lowest BCUT2D eigenvalue weighted by Gasteiger charge is -2.06. The number of hydrogen-bond acceptors (Lipinski definition) is 2. The minimum Gasteiger partial charge on any atom is -0.497 e. The van der Waals surface area contributed by atoms with Gasteiger partial charge in [-0.15, -0.1) is 0 Å². The minimum absolute atomic E-state index is 0.844. The van der Waals surface area contributed by atoms with Gasteiger partial charge in [0.15, 0.2) is 0 Å². The topological polar surface area (TPSA) is 25.0 Å². The Balaban J connectivity index is 2.13. The highest BCUT2D eigenvalue weighted by atomic mass is 32.1. The van der Waals surface area contributed by atoms with E-state index in [0.717, 1.165) is 38.3 Å². The zero-order valence-corrected chi connectivity index (χ0v) is 13.2. The van der Waals surface area contributed by atoms with Crippen LogP contribution in [0.2, 0.25) is 0 Å². The molecule has 3 heteroatoms. The van der Waals surface area contributed by atoms with E-state index in [0.29, 0.717) is 0 Å². The monoisotopic (exact) mass is 295 g/mol. The number of ether oxygens (including phenoxy) is 1. The van der Waals surface area contributed by atoms with Crippen molar-refractivity contribution >= 4 is 28.0 Å². The fourth-order valence-electron chi connectivity index (χ4n) is 2.58. The molecule has 1 aromatic heterocycles. The van der Waals surface area contributed by atoms with Crippen molar-refractivity contribution in [3.8, 4) is 5.75 Å². The van der Waals surface area contributed by atoms with Crippen molar-refractivity contribution in [3.05, 3.63) is 64.8 Å². The summed E-state index contributed by atoms with van der Waals surface area (Å²) in [5.74, 6) is 0.844. The first-order chi connectivity index (χ1) is 10.1. The molecule has 2 aromatic carbocycles. The van der Waals surface area contributed by atoms with E-state index in [1.165, 1.54) is 5.56 Å². The second kappa shape index (κ2) is 5.34. The molecule has 0 fully saturated rings. The van der Waals surface area contributed by atoms with Crippen molar-refractivity contribution in [1.82, 2.24) is 4.98 Å². The number of thiocarbonyl (C=S) groups is 1. The average Bonchev–Trinajstić information content (AvgIpc) is 2.82. The van der Waals surface area contributed by atoms with E-state index in [1.807, 2.05) is 12.1 Å². The quantitative estimate of drug-likeness (QED) is 0.566. The van der Waals surface area contributed by atoms with Gasteiger partial charge in [0, 0.05) is 28.2 Å². The van der Waals surface area contributed by atoms with E-state index in [4.69, 9.17) is 17.0 Å². The standard InChI is InChI=1S/C18H17NOS/c1-11-4-6-13(7-5-11)18(21)17-12(2)19-16-10-14(20-3)8-9-15(16)17/h4-10,19H,1-3H3. The number of fused-ring (bicyclic) bond motifs is 1. The van der Waals surface area contributed by atoms with Crippen LogP contribution in [0.1, 0.15) is 22.4 Å². The SMILES string of the molecule is COc1ccc2c(C(=S)c3ccc(C)cc3)c(C)[nH]c2c1. The second-order valence-corrected chi connectivity index (χ2v) is 5.64. The van der Waals surface area contributed by atoms with E-state index >= 15 is 0 Å². The zero-order chi connectivity index (χ0) is 15.0. The van der Waals surface area contributed by atoms with Crippen LogP contribution in [0, 0.1) is 13.8 Å². The van der Waals surface area contributed by atoms with Gasteiger partial charge in [0.2, 0.25) is 0 Å². The van der Waals surface area contributed by atoms with Crippen molar-refractivity contribution in [1.29, 1.82) is 0 Å². The van der Waals surface area contributed by atoms with Gasteiger partial charge in [-0.05, 0) is 31.5 Å². The maximum Gasteiger partial charge on any atom is 0.120 e. The predicted octanol–water partition coefficient (Wildman–Crippen LogP) is 4.56. The number of nitrogens with one attached hydrogen (secondary N) is 1. The van der Waals surface area contributed by atoms with Crippen LogP contribution >= 0.6 is 12.2 Å². The number of benzene rings is 2. The van der Waals surface area contributed by atoms with Crippen LogP contribution in [0.4, 0.5) is 0 Å². The zero-order valence-electron chi connectivity index (χ0n) is 12.4. The van der Waals surface area contributed by atoms with Gasteiger partial charge in [-0.1, -0.05) is 42.0 Å². The number of H-pyrrole nitrogens is 1. The number of aromatic nitrogens is 1. The molecule has 0 saturated carbocycles. The van der Waals surface area contributed by atoms with Crippen LogP contribution in [0.15, 0.2) is 42.5 Å². The van der Waals surface area contributed by atoms with Gasteiger partial charge in [0.25, 0.3) is 0 Å². The Bertz CT molecular complexity index is 815. The van der Waals surface area contributed by atoms with Crippen molar-refractivity contribution in [3.63, 3.8) is 0 Å². The minimum atomic E-state index is 0.844. The molecule has 21 heavy (non-hydrogen) atoms.